The maximum atomic E-state index is 12.8. The summed E-state index contributed by atoms with van der Waals surface area (Å²) in [5, 5.41) is 9.68. The summed E-state index contributed by atoms with van der Waals surface area (Å²) < 4.78 is 0. The maximum Gasteiger partial charge on any atom is 0.161 e. The first kappa shape index (κ1) is 15.5. The smallest absolute Gasteiger partial charge is 0.161 e. The molecule has 0 N–H and O–H groups in total. The Morgan fingerprint density at radius 1 is 1.18 bits per heavy atom. The van der Waals surface area contributed by atoms with Crippen LogP contribution in [0.5, 0.6) is 0 Å². The molecular formula is C19H26N2O. The highest BCUT2D eigenvalue weighted by Crippen LogP contribution is 2.48. The SMILES string of the molecule is CC1=NC2=C(C(=O)CC(C)(C)C2)C(C2CCCCC2)C1C#N. The molecule has 0 spiro atoms. The zero-order valence-electron chi connectivity index (χ0n) is 14.0. The maximum absolute atomic E-state index is 12.8. The number of rotatable bonds is 1. The predicted octanol–water partition coefficient (Wildman–Crippen LogP) is 4.44. The highest BCUT2D eigenvalue weighted by atomic mass is 16.1. The van der Waals surface area contributed by atoms with Crippen LogP contribution in [0.25, 0.3) is 0 Å². The van der Waals surface area contributed by atoms with Crippen LogP contribution in [0.1, 0.15) is 65.7 Å². The molecule has 0 aromatic heterocycles. The van der Waals surface area contributed by atoms with Gasteiger partial charge in [-0.15, -0.1) is 0 Å². The highest BCUT2D eigenvalue weighted by Gasteiger charge is 2.45. The van der Waals surface area contributed by atoms with Crippen LogP contribution in [-0.2, 0) is 4.79 Å². The quantitative estimate of drug-likeness (QED) is 0.718. The molecule has 1 heterocycles. The number of Topliss-reactive ketones (excluding diaryl/α,β-unsaturated/α-hetero) is 1. The van der Waals surface area contributed by atoms with Gasteiger partial charge in [0.15, 0.2) is 5.78 Å². The van der Waals surface area contributed by atoms with E-state index in [0.717, 1.165) is 36.2 Å². The first-order chi connectivity index (χ1) is 10.4. The molecule has 2 unspecified atom stereocenters. The van der Waals surface area contributed by atoms with E-state index in [1.807, 2.05) is 6.92 Å². The fraction of sp³-hybridized carbons (Fsp3) is 0.737. The van der Waals surface area contributed by atoms with Crippen LogP contribution in [0.3, 0.4) is 0 Å². The van der Waals surface area contributed by atoms with Crippen LogP contribution < -0.4 is 0 Å². The van der Waals surface area contributed by atoms with E-state index in [1.54, 1.807) is 0 Å². The van der Waals surface area contributed by atoms with Crippen molar-refractivity contribution < 1.29 is 4.79 Å². The minimum absolute atomic E-state index is 0.00368. The number of carbonyl (C=O) groups is 1. The molecule has 3 heteroatoms. The fourth-order valence-electron chi connectivity index (χ4n) is 4.66. The summed E-state index contributed by atoms with van der Waals surface area (Å²) in [6, 6.07) is 2.46. The van der Waals surface area contributed by atoms with E-state index in [0.29, 0.717) is 12.3 Å². The van der Waals surface area contributed by atoms with E-state index in [4.69, 9.17) is 4.99 Å². The molecule has 0 amide bonds. The molecule has 0 bridgehead atoms. The lowest BCUT2D eigenvalue weighted by Gasteiger charge is -2.41. The minimum atomic E-state index is -0.202. The number of hydrogen-bond donors (Lipinski definition) is 0. The molecule has 0 saturated heterocycles. The lowest BCUT2D eigenvalue weighted by Crippen LogP contribution is -2.40. The Balaban J connectivity index is 2.05. The zero-order chi connectivity index (χ0) is 15.9. The Morgan fingerprint density at radius 2 is 1.86 bits per heavy atom. The van der Waals surface area contributed by atoms with Crippen molar-refractivity contribution in [3.63, 3.8) is 0 Å². The summed E-state index contributed by atoms with van der Waals surface area (Å²) in [5.41, 5.74) is 2.82. The average molecular weight is 298 g/mol. The standard InChI is InChI=1S/C19H26N2O/c1-12-14(11-20)17(13-7-5-4-6-8-13)18-15(21-12)9-19(2,3)10-16(18)22/h13-14,17H,4-10H2,1-3H3. The molecule has 0 radical (unpaired) electrons. The molecule has 1 saturated carbocycles. The van der Waals surface area contributed by atoms with Crippen LogP contribution in [0, 0.1) is 34.5 Å². The van der Waals surface area contributed by atoms with Gasteiger partial charge in [0.25, 0.3) is 0 Å². The third kappa shape index (κ3) is 2.64. The van der Waals surface area contributed by atoms with Gasteiger partial charge < -0.3 is 0 Å². The van der Waals surface area contributed by atoms with Crippen molar-refractivity contribution >= 4 is 11.5 Å². The average Bonchev–Trinajstić information content (AvgIpc) is 2.45. The van der Waals surface area contributed by atoms with E-state index < -0.39 is 0 Å². The van der Waals surface area contributed by atoms with Crippen molar-refractivity contribution in [2.45, 2.75) is 65.7 Å². The molecule has 3 aliphatic rings. The van der Waals surface area contributed by atoms with Crippen LogP contribution in [0.2, 0.25) is 0 Å². The van der Waals surface area contributed by atoms with Crippen molar-refractivity contribution in [2.24, 2.45) is 28.2 Å². The Kier molecular flexibility index (Phi) is 3.97. The van der Waals surface area contributed by atoms with E-state index in [-0.39, 0.29) is 23.0 Å². The normalized spacial score (nSPS) is 32.3. The Labute approximate surface area is 133 Å². The van der Waals surface area contributed by atoms with E-state index in [1.165, 1.54) is 19.3 Å². The summed E-state index contributed by atoms with van der Waals surface area (Å²) >= 11 is 0. The number of carbonyl (C=O) groups excluding carboxylic acids is 1. The van der Waals surface area contributed by atoms with Crippen molar-refractivity contribution in [1.82, 2.24) is 0 Å². The molecular weight excluding hydrogens is 272 g/mol. The monoisotopic (exact) mass is 298 g/mol. The summed E-state index contributed by atoms with van der Waals surface area (Å²) in [7, 11) is 0. The fourth-order valence-corrected chi connectivity index (χ4v) is 4.66. The van der Waals surface area contributed by atoms with Crippen molar-refractivity contribution in [1.29, 1.82) is 5.26 Å². The Hall–Kier alpha value is -1.43. The number of nitrogens with zero attached hydrogens (tertiary/aromatic N) is 2. The lowest BCUT2D eigenvalue weighted by atomic mass is 9.63. The van der Waals surface area contributed by atoms with Gasteiger partial charge in [-0.3, -0.25) is 9.79 Å². The summed E-state index contributed by atoms with van der Waals surface area (Å²) in [6.45, 7) is 6.26. The largest absolute Gasteiger partial charge is 0.294 e. The molecule has 1 aliphatic heterocycles. The molecule has 0 aromatic carbocycles. The van der Waals surface area contributed by atoms with E-state index in [9.17, 15) is 10.1 Å². The second-order valence-electron chi connectivity index (χ2n) is 8.09. The number of ketones is 1. The second-order valence-corrected chi connectivity index (χ2v) is 8.09. The van der Waals surface area contributed by atoms with Gasteiger partial charge in [0.2, 0.25) is 0 Å². The van der Waals surface area contributed by atoms with E-state index >= 15 is 0 Å². The van der Waals surface area contributed by atoms with Crippen LogP contribution in [0.4, 0.5) is 0 Å². The highest BCUT2D eigenvalue weighted by molar-refractivity contribution is 6.02. The number of nitriles is 1. The third-order valence-electron chi connectivity index (χ3n) is 5.65. The molecule has 2 atom stereocenters. The van der Waals surface area contributed by atoms with Gasteiger partial charge in [0.1, 0.15) is 0 Å². The first-order valence-electron chi connectivity index (χ1n) is 8.64. The molecule has 3 nitrogen and oxygen atoms in total. The van der Waals surface area contributed by atoms with Crippen LogP contribution in [-0.4, -0.2) is 11.5 Å². The summed E-state index contributed by atoms with van der Waals surface area (Å²) in [6.07, 6.45) is 7.54. The topological polar surface area (TPSA) is 53.2 Å². The van der Waals surface area contributed by atoms with Gasteiger partial charge in [0, 0.05) is 29.3 Å². The molecule has 22 heavy (non-hydrogen) atoms. The summed E-state index contributed by atoms with van der Waals surface area (Å²) in [4.78, 5) is 17.5. The molecule has 0 aromatic rings. The van der Waals surface area contributed by atoms with Gasteiger partial charge >= 0.3 is 0 Å². The number of allylic oxidation sites excluding steroid dienone is 2. The van der Waals surface area contributed by atoms with Gasteiger partial charge in [0.05, 0.1) is 12.0 Å². The second kappa shape index (κ2) is 5.65. The third-order valence-corrected chi connectivity index (χ3v) is 5.65. The Bertz CT molecular complexity index is 585. The van der Waals surface area contributed by atoms with Gasteiger partial charge in [-0.25, -0.2) is 0 Å². The molecule has 2 aliphatic carbocycles. The number of hydrogen-bond acceptors (Lipinski definition) is 3. The Morgan fingerprint density at radius 3 is 2.50 bits per heavy atom. The van der Waals surface area contributed by atoms with Gasteiger partial charge in [-0.05, 0) is 37.5 Å². The van der Waals surface area contributed by atoms with Gasteiger partial charge in [-0.1, -0.05) is 33.1 Å². The predicted molar refractivity (Wildman–Crippen MR) is 87.3 cm³/mol. The van der Waals surface area contributed by atoms with Crippen molar-refractivity contribution in [3.8, 4) is 6.07 Å². The summed E-state index contributed by atoms with van der Waals surface area (Å²) in [5.74, 6) is 0.630. The van der Waals surface area contributed by atoms with Crippen LogP contribution in [0.15, 0.2) is 16.3 Å². The molecule has 1 fully saturated rings. The number of aliphatic imine (C=N–C) groups is 1. The van der Waals surface area contributed by atoms with E-state index in [2.05, 4.69) is 19.9 Å². The first-order valence-corrected chi connectivity index (χ1v) is 8.64. The van der Waals surface area contributed by atoms with Crippen LogP contribution >= 0.6 is 0 Å². The molecule has 3 rings (SSSR count). The molecule has 118 valence electrons. The van der Waals surface area contributed by atoms with Crippen molar-refractivity contribution in [3.05, 3.63) is 11.3 Å². The van der Waals surface area contributed by atoms with Gasteiger partial charge in [-0.2, -0.15) is 5.26 Å². The lowest BCUT2D eigenvalue weighted by molar-refractivity contribution is -0.119. The van der Waals surface area contributed by atoms with Crippen molar-refractivity contribution in [2.75, 3.05) is 0 Å². The minimum Gasteiger partial charge on any atom is -0.294 e. The zero-order valence-corrected chi connectivity index (χ0v) is 14.0.